The minimum atomic E-state index is -0.120. The summed E-state index contributed by atoms with van der Waals surface area (Å²) in [5.41, 5.74) is 1.64. The number of benzene rings is 2. The van der Waals surface area contributed by atoms with Gasteiger partial charge in [-0.05, 0) is 24.3 Å². The maximum atomic E-state index is 12.1. The van der Waals surface area contributed by atoms with Crippen LogP contribution >= 0.6 is 0 Å². The van der Waals surface area contributed by atoms with E-state index >= 15 is 0 Å². The van der Waals surface area contributed by atoms with Gasteiger partial charge in [-0.3, -0.25) is 19.8 Å². The van der Waals surface area contributed by atoms with E-state index in [1.54, 1.807) is 6.07 Å². The first-order valence-corrected chi connectivity index (χ1v) is 9.41. The monoisotopic (exact) mass is 375 g/mol. The molecule has 2 aromatic carbocycles. The Morgan fingerprint density at radius 2 is 1.86 bits per heavy atom. The van der Waals surface area contributed by atoms with E-state index in [2.05, 4.69) is 41.3 Å². The molecule has 0 spiro atoms. The summed E-state index contributed by atoms with van der Waals surface area (Å²) in [5, 5.41) is 12.6. The average Bonchev–Trinajstić information content (AvgIpc) is 3.35. The molecular formula is C20H21N7O. The SMILES string of the molecule is O=c1[nH]c(NCCN2CCN(c3n[nH]c4ccccc34)C2)nc2ccccc12. The van der Waals surface area contributed by atoms with Crippen LogP contribution in [0.5, 0.6) is 0 Å². The Morgan fingerprint density at radius 3 is 2.79 bits per heavy atom. The summed E-state index contributed by atoms with van der Waals surface area (Å²) < 4.78 is 0. The van der Waals surface area contributed by atoms with Crippen molar-refractivity contribution in [2.24, 2.45) is 0 Å². The Labute approximate surface area is 161 Å². The maximum absolute atomic E-state index is 12.1. The first kappa shape index (κ1) is 16.8. The molecule has 5 rings (SSSR count). The molecule has 0 aliphatic carbocycles. The molecule has 0 bridgehead atoms. The second-order valence-electron chi connectivity index (χ2n) is 6.97. The third-order valence-corrected chi connectivity index (χ3v) is 5.14. The van der Waals surface area contributed by atoms with Gasteiger partial charge in [-0.15, -0.1) is 0 Å². The summed E-state index contributed by atoms with van der Waals surface area (Å²) in [6.45, 7) is 4.31. The molecule has 0 atom stereocenters. The van der Waals surface area contributed by atoms with Crippen LogP contribution in [0.1, 0.15) is 0 Å². The minimum Gasteiger partial charge on any atom is -0.354 e. The average molecular weight is 375 g/mol. The van der Waals surface area contributed by atoms with Crippen LogP contribution in [0, 0.1) is 0 Å². The number of para-hydroxylation sites is 2. The van der Waals surface area contributed by atoms with Gasteiger partial charge in [0.05, 0.1) is 23.1 Å². The zero-order valence-electron chi connectivity index (χ0n) is 15.4. The maximum Gasteiger partial charge on any atom is 0.260 e. The van der Waals surface area contributed by atoms with E-state index < -0.39 is 0 Å². The van der Waals surface area contributed by atoms with Crippen LogP contribution in [-0.2, 0) is 0 Å². The number of nitrogens with one attached hydrogen (secondary N) is 3. The van der Waals surface area contributed by atoms with Crippen molar-refractivity contribution in [2.45, 2.75) is 0 Å². The molecular weight excluding hydrogens is 354 g/mol. The van der Waals surface area contributed by atoms with Gasteiger partial charge in [0, 0.05) is 31.6 Å². The summed E-state index contributed by atoms with van der Waals surface area (Å²) >= 11 is 0. The van der Waals surface area contributed by atoms with Crippen molar-refractivity contribution in [1.29, 1.82) is 0 Å². The van der Waals surface area contributed by atoms with E-state index in [0.717, 1.165) is 43.0 Å². The van der Waals surface area contributed by atoms with Crippen LogP contribution in [0.3, 0.4) is 0 Å². The first-order chi connectivity index (χ1) is 13.8. The van der Waals surface area contributed by atoms with E-state index in [1.807, 2.05) is 36.4 Å². The van der Waals surface area contributed by atoms with Crippen molar-refractivity contribution in [3.8, 4) is 0 Å². The molecule has 1 fully saturated rings. The largest absolute Gasteiger partial charge is 0.354 e. The quantitative estimate of drug-likeness (QED) is 0.494. The van der Waals surface area contributed by atoms with Gasteiger partial charge in [-0.25, -0.2) is 4.98 Å². The van der Waals surface area contributed by atoms with Crippen molar-refractivity contribution < 1.29 is 0 Å². The van der Waals surface area contributed by atoms with E-state index in [4.69, 9.17) is 0 Å². The van der Waals surface area contributed by atoms with Crippen LogP contribution in [0.15, 0.2) is 53.3 Å². The predicted molar refractivity (Wildman–Crippen MR) is 111 cm³/mol. The number of rotatable bonds is 5. The Kier molecular flexibility index (Phi) is 4.17. The molecule has 28 heavy (non-hydrogen) atoms. The lowest BCUT2D eigenvalue weighted by Gasteiger charge is -2.18. The van der Waals surface area contributed by atoms with Crippen molar-refractivity contribution in [2.75, 3.05) is 43.1 Å². The zero-order valence-corrected chi connectivity index (χ0v) is 15.4. The molecule has 1 aliphatic rings. The number of aromatic nitrogens is 4. The number of anilines is 2. The molecule has 0 amide bonds. The van der Waals surface area contributed by atoms with Crippen molar-refractivity contribution in [1.82, 2.24) is 25.1 Å². The highest BCUT2D eigenvalue weighted by Crippen LogP contribution is 2.25. The smallest absolute Gasteiger partial charge is 0.260 e. The first-order valence-electron chi connectivity index (χ1n) is 9.41. The van der Waals surface area contributed by atoms with Crippen LogP contribution in [0.25, 0.3) is 21.8 Å². The van der Waals surface area contributed by atoms with Gasteiger partial charge in [0.2, 0.25) is 5.95 Å². The second-order valence-corrected chi connectivity index (χ2v) is 6.97. The molecule has 3 heterocycles. The predicted octanol–water partition coefficient (Wildman–Crippen LogP) is 1.99. The third kappa shape index (κ3) is 3.07. The van der Waals surface area contributed by atoms with E-state index in [1.165, 1.54) is 0 Å². The summed E-state index contributed by atoms with van der Waals surface area (Å²) in [5.74, 6) is 1.52. The normalized spacial score (nSPS) is 14.9. The van der Waals surface area contributed by atoms with Gasteiger partial charge in [0.25, 0.3) is 5.56 Å². The van der Waals surface area contributed by atoms with E-state index in [0.29, 0.717) is 23.4 Å². The fourth-order valence-corrected chi connectivity index (χ4v) is 3.69. The zero-order chi connectivity index (χ0) is 18.9. The van der Waals surface area contributed by atoms with Gasteiger partial charge in [0.15, 0.2) is 5.82 Å². The molecule has 4 aromatic rings. The number of hydrogen-bond acceptors (Lipinski definition) is 6. The number of fused-ring (bicyclic) bond motifs is 2. The highest BCUT2D eigenvalue weighted by atomic mass is 16.1. The van der Waals surface area contributed by atoms with E-state index in [9.17, 15) is 4.79 Å². The number of aromatic amines is 2. The standard InChI is InChI=1S/C20H21N7O/c28-19-15-6-2-3-7-16(15)22-20(23-19)21-9-10-26-11-12-27(13-26)18-14-5-1-4-8-17(14)24-25-18/h1-8H,9-13H2,(H,24,25)(H2,21,22,23,28). The molecule has 2 aromatic heterocycles. The summed E-state index contributed by atoms with van der Waals surface area (Å²) in [6, 6.07) is 15.5. The van der Waals surface area contributed by atoms with E-state index in [-0.39, 0.29) is 5.56 Å². The lowest BCUT2D eigenvalue weighted by atomic mass is 10.2. The molecule has 1 aliphatic heterocycles. The highest BCUT2D eigenvalue weighted by molar-refractivity contribution is 5.90. The van der Waals surface area contributed by atoms with Gasteiger partial charge >= 0.3 is 0 Å². The molecule has 0 unspecified atom stereocenters. The topological polar surface area (TPSA) is 92.9 Å². The number of H-pyrrole nitrogens is 2. The Hall–Kier alpha value is -3.39. The Morgan fingerprint density at radius 1 is 1.04 bits per heavy atom. The fourth-order valence-electron chi connectivity index (χ4n) is 3.69. The minimum absolute atomic E-state index is 0.120. The molecule has 0 saturated carbocycles. The number of nitrogens with zero attached hydrogens (tertiary/aromatic N) is 4. The Bertz CT molecular complexity index is 1180. The third-order valence-electron chi connectivity index (χ3n) is 5.14. The van der Waals surface area contributed by atoms with Crippen molar-refractivity contribution in [3.05, 3.63) is 58.9 Å². The molecule has 1 saturated heterocycles. The highest BCUT2D eigenvalue weighted by Gasteiger charge is 2.23. The van der Waals surface area contributed by atoms with Gasteiger partial charge in [-0.2, -0.15) is 5.10 Å². The molecule has 142 valence electrons. The fraction of sp³-hybridized carbons (Fsp3) is 0.250. The molecule has 8 heteroatoms. The lowest BCUT2D eigenvalue weighted by Crippen LogP contribution is -2.30. The number of hydrogen-bond donors (Lipinski definition) is 3. The summed E-state index contributed by atoms with van der Waals surface area (Å²) in [7, 11) is 0. The van der Waals surface area contributed by atoms with Gasteiger partial charge in [0.1, 0.15) is 0 Å². The van der Waals surface area contributed by atoms with Crippen LogP contribution in [0.4, 0.5) is 11.8 Å². The van der Waals surface area contributed by atoms with Crippen LogP contribution < -0.4 is 15.8 Å². The van der Waals surface area contributed by atoms with Gasteiger partial charge in [-0.1, -0.05) is 24.3 Å². The summed E-state index contributed by atoms with van der Waals surface area (Å²) in [6.07, 6.45) is 0. The Balaban J connectivity index is 1.21. The second kappa shape index (κ2) is 6.97. The molecule has 0 radical (unpaired) electrons. The summed E-state index contributed by atoms with van der Waals surface area (Å²) in [4.78, 5) is 24.1. The van der Waals surface area contributed by atoms with Crippen LogP contribution in [-0.4, -0.2) is 57.9 Å². The van der Waals surface area contributed by atoms with Crippen LogP contribution in [0.2, 0.25) is 0 Å². The van der Waals surface area contributed by atoms with Crippen molar-refractivity contribution in [3.63, 3.8) is 0 Å². The molecule has 8 nitrogen and oxygen atoms in total. The van der Waals surface area contributed by atoms with Gasteiger partial charge < -0.3 is 10.2 Å². The molecule has 3 N–H and O–H groups in total. The lowest BCUT2D eigenvalue weighted by molar-refractivity contribution is 0.355. The van der Waals surface area contributed by atoms with Crippen molar-refractivity contribution >= 4 is 33.6 Å².